The van der Waals surface area contributed by atoms with Crippen molar-refractivity contribution >= 4 is 11.5 Å². The number of carbonyl (C=O) groups excluding carboxylic acids is 1. The molecule has 2 unspecified atom stereocenters. The number of hydrogen-bond acceptors (Lipinski definition) is 4. The van der Waals surface area contributed by atoms with E-state index in [-0.39, 0.29) is 23.5 Å². The summed E-state index contributed by atoms with van der Waals surface area (Å²) in [5.41, 5.74) is 0.374. The van der Waals surface area contributed by atoms with Crippen molar-refractivity contribution in [2.75, 3.05) is 11.4 Å². The van der Waals surface area contributed by atoms with Crippen LogP contribution in [0.4, 0.5) is 5.69 Å². The first-order valence-electron chi connectivity index (χ1n) is 7.13. The molecule has 0 radical (unpaired) electrons. The highest BCUT2D eigenvalue weighted by Gasteiger charge is 2.34. The smallest absolute Gasteiger partial charge is 0.292 e. The topological polar surface area (TPSA) is 62.5 Å². The number of aryl methyl sites for hydroxylation is 1. The third-order valence-electron chi connectivity index (χ3n) is 4.21. The number of hydrogen-bond donors (Lipinski definition) is 1. The van der Waals surface area contributed by atoms with Gasteiger partial charge in [0.15, 0.2) is 11.5 Å². The Balaban J connectivity index is 1.94. The fourth-order valence-corrected chi connectivity index (χ4v) is 3.18. The number of ketones is 1. The van der Waals surface area contributed by atoms with Crippen LogP contribution in [0.1, 0.15) is 12.8 Å². The van der Waals surface area contributed by atoms with Crippen LogP contribution in [0, 0.1) is 5.92 Å². The highest BCUT2D eigenvalue weighted by molar-refractivity contribution is 5.95. The largest absolute Gasteiger partial charge is 0.503 e. The summed E-state index contributed by atoms with van der Waals surface area (Å²) in [4.78, 5) is 25.8. The predicted molar refractivity (Wildman–Crippen MR) is 80.5 cm³/mol. The van der Waals surface area contributed by atoms with Crippen molar-refractivity contribution in [3.05, 3.63) is 46.9 Å². The lowest BCUT2D eigenvalue weighted by Crippen LogP contribution is -2.39. The van der Waals surface area contributed by atoms with Gasteiger partial charge in [0.1, 0.15) is 0 Å². The molecule has 1 N–H and O–H groups in total. The molecule has 0 saturated carbocycles. The minimum absolute atomic E-state index is 0.0793. The lowest BCUT2D eigenvalue weighted by molar-refractivity contribution is -0.117. The highest BCUT2D eigenvalue weighted by Crippen LogP contribution is 2.32. The van der Waals surface area contributed by atoms with Crippen LogP contribution < -0.4 is 10.5 Å². The predicted octanol–water partition coefficient (Wildman–Crippen LogP) is 1.37. The Morgan fingerprint density at radius 1 is 1.29 bits per heavy atom. The third kappa shape index (κ3) is 2.39. The second-order valence-corrected chi connectivity index (χ2v) is 5.57. The van der Waals surface area contributed by atoms with Gasteiger partial charge in [-0.15, -0.1) is 0 Å². The zero-order valence-electron chi connectivity index (χ0n) is 11.9. The Kier molecular flexibility index (Phi) is 3.41. The number of anilines is 1. The van der Waals surface area contributed by atoms with E-state index >= 15 is 0 Å². The standard InChI is InChI=1S/C16H18N2O3/c1-17-10-11(9-15(20)16(17)21)18-8-4-6-13(18)12-5-2-3-7-14(12)19/h2-3,5,7,9-10,12-13,20H,4,6,8H2,1H3. The second-order valence-electron chi connectivity index (χ2n) is 5.57. The molecular formula is C16H18N2O3. The van der Waals surface area contributed by atoms with E-state index in [1.54, 1.807) is 25.4 Å². The van der Waals surface area contributed by atoms with Crippen LogP contribution in [0.2, 0.25) is 0 Å². The molecule has 1 saturated heterocycles. The minimum Gasteiger partial charge on any atom is -0.503 e. The Labute approximate surface area is 122 Å². The van der Waals surface area contributed by atoms with Crippen LogP contribution in [0.5, 0.6) is 5.75 Å². The molecular weight excluding hydrogens is 268 g/mol. The van der Waals surface area contributed by atoms with Crippen molar-refractivity contribution in [2.24, 2.45) is 13.0 Å². The Bertz CT molecular complexity index is 661. The molecule has 2 atom stereocenters. The van der Waals surface area contributed by atoms with Gasteiger partial charge in [0.2, 0.25) is 0 Å². The Morgan fingerprint density at radius 2 is 2.10 bits per heavy atom. The van der Waals surface area contributed by atoms with Gasteiger partial charge in [-0.05, 0) is 18.9 Å². The molecule has 1 aliphatic heterocycles. The molecule has 5 nitrogen and oxygen atoms in total. The molecule has 0 bridgehead atoms. The first-order chi connectivity index (χ1) is 10.1. The van der Waals surface area contributed by atoms with Crippen LogP contribution in [-0.2, 0) is 11.8 Å². The van der Waals surface area contributed by atoms with Gasteiger partial charge >= 0.3 is 0 Å². The van der Waals surface area contributed by atoms with E-state index in [2.05, 4.69) is 4.90 Å². The summed E-state index contributed by atoms with van der Waals surface area (Å²) in [6.45, 7) is 0.823. The van der Waals surface area contributed by atoms with Crippen LogP contribution in [0.3, 0.4) is 0 Å². The molecule has 110 valence electrons. The molecule has 1 aromatic heterocycles. The monoisotopic (exact) mass is 286 g/mol. The van der Waals surface area contributed by atoms with Crippen molar-refractivity contribution < 1.29 is 9.90 Å². The van der Waals surface area contributed by atoms with E-state index in [0.29, 0.717) is 0 Å². The molecule has 3 rings (SSSR count). The number of allylic oxidation sites excluding steroid dienone is 3. The van der Waals surface area contributed by atoms with E-state index < -0.39 is 5.56 Å². The lowest BCUT2D eigenvalue weighted by Gasteiger charge is -2.31. The molecule has 5 heteroatoms. The lowest BCUT2D eigenvalue weighted by atomic mass is 9.90. The molecule has 1 fully saturated rings. The van der Waals surface area contributed by atoms with Crippen LogP contribution >= 0.6 is 0 Å². The second kappa shape index (κ2) is 5.24. The SMILES string of the molecule is Cn1cc(N2CCCC2C2C=CC=CC2=O)cc(O)c1=O. The number of rotatable bonds is 2. The maximum absolute atomic E-state index is 12.1. The van der Waals surface area contributed by atoms with Crippen LogP contribution in [0.25, 0.3) is 0 Å². The van der Waals surface area contributed by atoms with Gasteiger partial charge in [-0.25, -0.2) is 0 Å². The average Bonchev–Trinajstić information content (AvgIpc) is 2.94. The summed E-state index contributed by atoms with van der Waals surface area (Å²) in [6.07, 6.45) is 10.9. The van der Waals surface area contributed by atoms with Gasteiger partial charge in [0.25, 0.3) is 5.56 Å². The van der Waals surface area contributed by atoms with E-state index in [1.807, 2.05) is 12.2 Å². The maximum atomic E-state index is 12.1. The normalized spacial score (nSPS) is 24.8. The summed E-state index contributed by atoms with van der Waals surface area (Å²) in [5.74, 6) is -0.300. The van der Waals surface area contributed by atoms with Crippen LogP contribution in [-0.4, -0.2) is 28.0 Å². The van der Waals surface area contributed by atoms with E-state index in [4.69, 9.17) is 0 Å². The van der Waals surface area contributed by atoms with E-state index in [0.717, 1.165) is 25.1 Å². The van der Waals surface area contributed by atoms with Crippen LogP contribution in [0.15, 0.2) is 41.4 Å². The highest BCUT2D eigenvalue weighted by atomic mass is 16.3. The molecule has 0 spiro atoms. The molecule has 0 aromatic carbocycles. The zero-order valence-corrected chi connectivity index (χ0v) is 11.9. The van der Waals surface area contributed by atoms with Gasteiger partial charge in [0.05, 0.1) is 11.6 Å². The maximum Gasteiger partial charge on any atom is 0.292 e. The average molecular weight is 286 g/mol. The Hall–Kier alpha value is -2.30. The minimum atomic E-state index is -0.411. The van der Waals surface area contributed by atoms with E-state index in [1.165, 1.54) is 10.6 Å². The number of carbonyl (C=O) groups is 1. The first kappa shape index (κ1) is 13.7. The first-order valence-corrected chi connectivity index (χ1v) is 7.13. The van der Waals surface area contributed by atoms with Crippen molar-refractivity contribution in [3.63, 3.8) is 0 Å². The summed E-state index contributed by atoms with van der Waals surface area (Å²) >= 11 is 0. The molecule has 2 heterocycles. The van der Waals surface area contributed by atoms with Crippen molar-refractivity contribution in [2.45, 2.75) is 18.9 Å². The van der Waals surface area contributed by atoms with Gasteiger partial charge in [-0.2, -0.15) is 0 Å². The zero-order chi connectivity index (χ0) is 15.0. The Morgan fingerprint density at radius 3 is 2.81 bits per heavy atom. The van der Waals surface area contributed by atoms with Crippen molar-refractivity contribution in [1.82, 2.24) is 4.57 Å². The quantitative estimate of drug-likeness (QED) is 0.892. The summed E-state index contributed by atoms with van der Waals surface area (Å²) in [6, 6.07) is 1.57. The van der Waals surface area contributed by atoms with Crippen molar-refractivity contribution in [3.8, 4) is 5.75 Å². The summed E-state index contributed by atoms with van der Waals surface area (Å²) in [5, 5.41) is 9.74. The fraction of sp³-hybridized carbons (Fsp3) is 0.375. The summed E-state index contributed by atoms with van der Waals surface area (Å²) < 4.78 is 1.37. The van der Waals surface area contributed by atoms with Gasteiger partial charge < -0.3 is 14.6 Å². The van der Waals surface area contributed by atoms with E-state index in [9.17, 15) is 14.7 Å². The van der Waals surface area contributed by atoms with Gasteiger partial charge in [-0.3, -0.25) is 9.59 Å². The fourth-order valence-electron chi connectivity index (χ4n) is 3.18. The summed E-state index contributed by atoms with van der Waals surface area (Å²) in [7, 11) is 1.62. The third-order valence-corrected chi connectivity index (χ3v) is 4.21. The number of aromatic nitrogens is 1. The van der Waals surface area contributed by atoms with Gasteiger partial charge in [-0.1, -0.05) is 18.2 Å². The van der Waals surface area contributed by atoms with Gasteiger partial charge in [0, 0.05) is 31.9 Å². The molecule has 1 aliphatic carbocycles. The molecule has 0 amide bonds. The molecule has 2 aliphatic rings. The van der Waals surface area contributed by atoms with Crippen molar-refractivity contribution in [1.29, 1.82) is 0 Å². The number of aromatic hydroxyl groups is 1. The number of nitrogens with zero attached hydrogens (tertiary/aromatic N) is 2. The number of pyridine rings is 1. The molecule has 21 heavy (non-hydrogen) atoms. The molecule has 1 aromatic rings.